The molecule has 0 aliphatic rings. The van der Waals surface area contributed by atoms with Crippen LogP contribution < -0.4 is 0 Å². The highest BCUT2D eigenvalue weighted by Crippen LogP contribution is 2.17. The third-order valence-electron chi connectivity index (χ3n) is 14.0. The van der Waals surface area contributed by atoms with E-state index in [9.17, 15) is 14.4 Å². The van der Waals surface area contributed by atoms with E-state index in [2.05, 4.69) is 118 Å². The van der Waals surface area contributed by atoms with E-state index in [1.165, 1.54) is 154 Å². The van der Waals surface area contributed by atoms with Crippen molar-refractivity contribution in [2.75, 3.05) is 13.2 Å². The average molecular weight is 1070 g/mol. The van der Waals surface area contributed by atoms with Crippen molar-refractivity contribution >= 4 is 17.9 Å². The van der Waals surface area contributed by atoms with E-state index < -0.39 is 6.10 Å². The Morgan fingerprint density at radius 2 is 0.532 bits per heavy atom. The van der Waals surface area contributed by atoms with Crippen molar-refractivity contribution in [1.29, 1.82) is 0 Å². The molecule has 0 aromatic heterocycles. The number of ether oxygens (including phenoxy) is 3. The zero-order valence-corrected chi connectivity index (χ0v) is 50.7. The zero-order chi connectivity index (χ0) is 55.7. The highest BCUT2D eigenvalue weighted by Gasteiger charge is 2.19. The van der Waals surface area contributed by atoms with Crippen LogP contribution in [0.3, 0.4) is 0 Å². The molecule has 0 bridgehead atoms. The van der Waals surface area contributed by atoms with Crippen LogP contribution in [-0.2, 0) is 28.6 Å². The molecule has 0 saturated heterocycles. The van der Waals surface area contributed by atoms with Gasteiger partial charge in [0.2, 0.25) is 0 Å². The predicted octanol–water partition coefficient (Wildman–Crippen LogP) is 22.4. The minimum absolute atomic E-state index is 0.0971. The predicted molar refractivity (Wildman–Crippen MR) is 334 cm³/mol. The molecular formula is C71H122O6. The van der Waals surface area contributed by atoms with E-state index in [4.69, 9.17) is 14.2 Å². The summed E-state index contributed by atoms with van der Waals surface area (Å²) in [6.07, 6.45) is 87.3. The maximum absolute atomic E-state index is 12.9. The molecule has 6 heteroatoms. The maximum atomic E-state index is 12.9. The summed E-state index contributed by atoms with van der Waals surface area (Å²) in [5, 5.41) is 0. The van der Waals surface area contributed by atoms with Crippen molar-refractivity contribution in [3.05, 3.63) is 97.2 Å². The monoisotopic (exact) mass is 1070 g/mol. The molecule has 0 fully saturated rings. The highest BCUT2D eigenvalue weighted by atomic mass is 16.6. The number of rotatable bonds is 59. The highest BCUT2D eigenvalue weighted by molar-refractivity contribution is 5.71. The second kappa shape index (κ2) is 64.9. The van der Waals surface area contributed by atoms with Crippen LogP contribution in [0.25, 0.3) is 0 Å². The summed E-state index contributed by atoms with van der Waals surface area (Å²) in [4.78, 5) is 38.2. The van der Waals surface area contributed by atoms with Crippen LogP contribution in [0.15, 0.2) is 97.2 Å². The second-order valence-electron chi connectivity index (χ2n) is 21.6. The van der Waals surface area contributed by atoms with E-state index in [0.29, 0.717) is 19.3 Å². The lowest BCUT2D eigenvalue weighted by molar-refractivity contribution is -0.167. The van der Waals surface area contributed by atoms with Gasteiger partial charge < -0.3 is 14.2 Å². The fraction of sp³-hybridized carbons (Fsp3) is 0.732. The first-order chi connectivity index (χ1) is 38.0. The summed E-state index contributed by atoms with van der Waals surface area (Å²) < 4.78 is 16.9. The SMILES string of the molecule is CC/C=C\C/C=C\C/C=C\C/C=C\CCCCC(=O)OC(COC(=O)CCCCCCC/C=C\C/C=C\CCC)COC(=O)CCCCCCCCCCCCCCCCCCCCC/C=C\C/C=C\CCCCCCC. The van der Waals surface area contributed by atoms with Crippen LogP contribution >= 0.6 is 0 Å². The largest absolute Gasteiger partial charge is 0.462 e. The molecule has 1 atom stereocenters. The second-order valence-corrected chi connectivity index (χ2v) is 21.6. The van der Waals surface area contributed by atoms with Crippen molar-refractivity contribution in [3.8, 4) is 0 Å². The normalized spacial score (nSPS) is 12.7. The molecule has 6 nitrogen and oxygen atoms in total. The Bertz CT molecular complexity index is 1510. The number of hydrogen-bond donors (Lipinski definition) is 0. The first kappa shape index (κ1) is 73.3. The van der Waals surface area contributed by atoms with Gasteiger partial charge in [0.15, 0.2) is 6.10 Å². The topological polar surface area (TPSA) is 78.9 Å². The fourth-order valence-electron chi connectivity index (χ4n) is 9.15. The summed E-state index contributed by atoms with van der Waals surface area (Å²) in [7, 11) is 0. The maximum Gasteiger partial charge on any atom is 0.306 e. The number of allylic oxidation sites excluding steroid dienone is 16. The van der Waals surface area contributed by atoms with E-state index in [-0.39, 0.29) is 37.5 Å². The molecule has 0 saturated carbocycles. The molecule has 0 aliphatic carbocycles. The van der Waals surface area contributed by atoms with Crippen molar-refractivity contribution < 1.29 is 28.6 Å². The van der Waals surface area contributed by atoms with Crippen LogP contribution in [0.5, 0.6) is 0 Å². The molecule has 0 amide bonds. The van der Waals surface area contributed by atoms with Gasteiger partial charge >= 0.3 is 17.9 Å². The molecule has 442 valence electrons. The number of esters is 3. The quantitative estimate of drug-likeness (QED) is 0.0261. The Balaban J connectivity index is 4.20. The van der Waals surface area contributed by atoms with Crippen molar-refractivity contribution in [1.82, 2.24) is 0 Å². The number of hydrogen-bond acceptors (Lipinski definition) is 6. The summed E-state index contributed by atoms with van der Waals surface area (Å²) in [6, 6.07) is 0. The van der Waals surface area contributed by atoms with Crippen LogP contribution in [0, 0.1) is 0 Å². The molecule has 0 spiro atoms. The first-order valence-corrected chi connectivity index (χ1v) is 32.7. The zero-order valence-electron chi connectivity index (χ0n) is 50.7. The summed E-state index contributed by atoms with van der Waals surface area (Å²) >= 11 is 0. The van der Waals surface area contributed by atoms with Gasteiger partial charge in [-0.2, -0.15) is 0 Å². The lowest BCUT2D eigenvalue weighted by atomic mass is 10.0. The van der Waals surface area contributed by atoms with Gasteiger partial charge in [-0.3, -0.25) is 14.4 Å². The fourth-order valence-corrected chi connectivity index (χ4v) is 9.15. The summed E-state index contributed by atoms with van der Waals surface area (Å²) in [5.41, 5.74) is 0. The smallest absolute Gasteiger partial charge is 0.306 e. The van der Waals surface area contributed by atoms with Crippen LogP contribution in [0.2, 0.25) is 0 Å². The van der Waals surface area contributed by atoms with Gasteiger partial charge in [-0.05, 0) is 116 Å². The van der Waals surface area contributed by atoms with Crippen molar-refractivity contribution in [2.24, 2.45) is 0 Å². The molecule has 1 unspecified atom stereocenters. The standard InChI is InChI=1S/C71H122O6/c1-4-7-10-13-16-19-22-25-27-28-29-30-31-32-33-34-35-36-37-38-39-40-41-42-44-46-49-52-55-58-61-64-70(73)76-67-68(66-75-69(72)63-60-57-54-51-48-45-24-21-18-15-12-9-6-3)77-71(74)65-62-59-56-53-50-47-43-26-23-20-17-14-11-8-5-2/h8,11-12,15,17,20-22,24-26,28-29,43,50,53,68H,4-7,9-10,13-14,16,18-19,23,27,30-42,44-49,51-52,54-67H2,1-3H3/b11-8-,15-12-,20-17-,24-21-,25-22-,29-28-,43-26-,53-50-. The number of unbranched alkanes of at least 4 members (excludes halogenated alkanes) is 32. The molecule has 0 aliphatic heterocycles. The number of carbonyl (C=O) groups is 3. The minimum atomic E-state index is -0.805. The molecule has 0 aromatic rings. The third kappa shape index (κ3) is 63.0. The molecule has 0 aromatic carbocycles. The van der Waals surface area contributed by atoms with Gasteiger partial charge in [0, 0.05) is 19.3 Å². The van der Waals surface area contributed by atoms with Crippen LogP contribution in [-0.4, -0.2) is 37.2 Å². The molecule has 0 heterocycles. The summed E-state index contributed by atoms with van der Waals surface area (Å²) in [6.45, 7) is 6.43. The lowest BCUT2D eigenvalue weighted by Gasteiger charge is -2.18. The lowest BCUT2D eigenvalue weighted by Crippen LogP contribution is -2.30. The Kier molecular flexibility index (Phi) is 61.8. The van der Waals surface area contributed by atoms with E-state index in [0.717, 1.165) is 116 Å². The molecule has 0 rings (SSSR count). The van der Waals surface area contributed by atoms with Gasteiger partial charge in [-0.15, -0.1) is 0 Å². The Morgan fingerprint density at radius 1 is 0.273 bits per heavy atom. The minimum Gasteiger partial charge on any atom is -0.462 e. The molecule has 0 radical (unpaired) electrons. The number of carbonyl (C=O) groups excluding carboxylic acids is 3. The average Bonchev–Trinajstić information content (AvgIpc) is 3.43. The Morgan fingerprint density at radius 3 is 0.870 bits per heavy atom. The van der Waals surface area contributed by atoms with Gasteiger partial charge in [-0.25, -0.2) is 0 Å². The molecule has 77 heavy (non-hydrogen) atoms. The van der Waals surface area contributed by atoms with Gasteiger partial charge in [0.1, 0.15) is 13.2 Å². The van der Waals surface area contributed by atoms with Crippen molar-refractivity contribution in [3.63, 3.8) is 0 Å². The third-order valence-corrected chi connectivity index (χ3v) is 14.0. The van der Waals surface area contributed by atoms with Gasteiger partial charge in [0.05, 0.1) is 0 Å². The first-order valence-electron chi connectivity index (χ1n) is 32.7. The Hall–Kier alpha value is -3.67. The van der Waals surface area contributed by atoms with Crippen LogP contribution in [0.4, 0.5) is 0 Å². The van der Waals surface area contributed by atoms with Crippen LogP contribution in [0.1, 0.15) is 316 Å². The van der Waals surface area contributed by atoms with E-state index >= 15 is 0 Å². The van der Waals surface area contributed by atoms with E-state index in [1.807, 2.05) is 0 Å². The summed E-state index contributed by atoms with van der Waals surface area (Å²) in [5.74, 6) is -0.946. The van der Waals surface area contributed by atoms with Crippen molar-refractivity contribution in [2.45, 2.75) is 322 Å². The van der Waals surface area contributed by atoms with E-state index in [1.54, 1.807) is 0 Å². The molecule has 0 N–H and O–H groups in total. The molecular weight excluding hydrogens is 949 g/mol. The van der Waals surface area contributed by atoms with Gasteiger partial charge in [0.25, 0.3) is 0 Å². The van der Waals surface area contributed by atoms with Gasteiger partial charge in [-0.1, -0.05) is 279 Å². The Labute approximate surface area is 477 Å².